The molecule has 1 heterocycles. The fraction of sp³-hybridized carbons (Fsp3) is 0.188. The van der Waals surface area contributed by atoms with Crippen molar-refractivity contribution in [3.8, 4) is 0 Å². The zero-order chi connectivity index (χ0) is 16.8. The predicted octanol–water partition coefficient (Wildman–Crippen LogP) is 2.40. The minimum Gasteiger partial charge on any atom is -0.618 e. The van der Waals surface area contributed by atoms with E-state index in [-0.39, 0.29) is 11.8 Å². The second kappa shape index (κ2) is 7.64. The number of carbonyl (C=O) groups is 2. The van der Waals surface area contributed by atoms with Gasteiger partial charge in [0.15, 0.2) is 6.20 Å². The maximum atomic E-state index is 12.2. The lowest BCUT2D eigenvalue weighted by Crippen LogP contribution is -2.30. The van der Waals surface area contributed by atoms with Gasteiger partial charge in [0.25, 0.3) is 5.03 Å². The van der Waals surface area contributed by atoms with Crippen molar-refractivity contribution in [3.05, 3.63) is 53.9 Å². The number of rotatable bonds is 5. The van der Waals surface area contributed by atoms with Crippen LogP contribution in [0.1, 0.15) is 13.8 Å². The largest absolute Gasteiger partial charge is 0.618 e. The second-order valence-electron chi connectivity index (χ2n) is 4.87. The van der Waals surface area contributed by atoms with Crippen molar-refractivity contribution in [1.29, 1.82) is 0 Å². The van der Waals surface area contributed by atoms with Crippen LogP contribution in [-0.4, -0.2) is 17.1 Å². The molecule has 1 aromatic heterocycles. The number of aromatic nitrogens is 1. The summed E-state index contributed by atoms with van der Waals surface area (Å²) < 4.78 is 0.733. The lowest BCUT2D eigenvalue weighted by atomic mass is 10.2. The van der Waals surface area contributed by atoms with Gasteiger partial charge in [-0.2, -0.15) is 4.73 Å². The summed E-state index contributed by atoms with van der Waals surface area (Å²) in [5, 5.41) is 17.1. The number of nitrogens with one attached hydrogen (secondary N) is 2. The summed E-state index contributed by atoms with van der Waals surface area (Å²) in [4.78, 5) is 23.1. The van der Waals surface area contributed by atoms with Gasteiger partial charge in [-0.15, -0.1) is 0 Å². The van der Waals surface area contributed by atoms with Gasteiger partial charge in [0, 0.05) is 30.4 Å². The highest BCUT2D eigenvalue weighted by Crippen LogP contribution is 2.21. The maximum absolute atomic E-state index is 12.2. The van der Waals surface area contributed by atoms with E-state index in [0.29, 0.717) is 16.4 Å². The normalized spacial score (nSPS) is 11.6. The number of anilines is 2. The van der Waals surface area contributed by atoms with E-state index >= 15 is 0 Å². The van der Waals surface area contributed by atoms with Gasteiger partial charge in [-0.1, -0.05) is 0 Å². The first-order valence-electron chi connectivity index (χ1n) is 6.99. The van der Waals surface area contributed by atoms with Crippen LogP contribution in [0, 0.1) is 5.21 Å². The van der Waals surface area contributed by atoms with Gasteiger partial charge in [-0.05, 0) is 49.0 Å². The third-order valence-electron chi connectivity index (χ3n) is 2.93. The van der Waals surface area contributed by atoms with Crippen LogP contribution in [-0.2, 0) is 9.59 Å². The van der Waals surface area contributed by atoms with Crippen LogP contribution in [0.2, 0.25) is 0 Å². The molecule has 0 saturated heterocycles. The van der Waals surface area contributed by atoms with E-state index in [4.69, 9.17) is 0 Å². The van der Waals surface area contributed by atoms with Crippen molar-refractivity contribution >= 4 is 35.0 Å². The molecule has 0 aliphatic carbocycles. The minimum absolute atomic E-state index is 0.152. The minimum atomic E-state index is -0.423. The van der Waals surface area contributed by atoms with Crippen molar-refractivity contribution in [2.45, 2.75) is 24.1 Å². The highest BCUT2D eigenvalue weighted by molar-refractivity contribution is 8.00. The molecule has 1 atom stereocenters. The summed E-state index contributed by atoms with van der Waals surface area (Å²) in [6.07, 6.45) is 1.40. The molecule has 6 nitrogen and oxygen atoms in total. The fourth-order valence-electron chi connectivity index (χ4n) is 1.82. The van der Waals surface area contributed by atoms with E-state index in [1.165, 1.54) is 24.9 Å². The molecule has 0 saturated carbocycles. The molecule has 0 bridgehead atoms. The van der Waals surface area contributed by atoms with Crippen LogP contribution in [0.25, 0.3) is 0 Å². The number of hydrogen-bond acceptors (Lipinski definition) is 4. The SMILES string of the molecule is CC(=O)Nc1ccc(NC(=O)[C@@H](C)Sc2cccc[n+]2[O-])cc1. The average molecular weight is 331 g/mol. The standard InChI is InChI=1S/C16H17N3O3S/c1-11(23-15-5-3-4-10-19(15)22)16(21)18-14-8-6-13(7-9-14)17-12(2)20/h3-11H,1-2H3,(H,17,20)(H,18,21)/t11-/m1/s1. The summed E-state index contributed by atoms with van der Waals surface area (Å²) in [6.45, 7) is 3.17. The van der Waals surface area contributed by atoms with Gasteiger partial charge < -0.3 is 15.8 Å². The summed E-state index contributed by atoms with van der Waals surface area (Å²) >= 11 is 1.19. The van der Waals surface area contributed by atoms with Crippen molar-refractivity contribution in [2.75, 3.05) is 10.6 Å². The Hall–Kier alpha value is -2.54. The van der Waals surface area contributed by atoms with Crippen LogP contribution in [0.4, 0.5) is 11.4 Å². The smallest absolute Gasteiger partial charge is 0.252 e. The molecule has 0 radical (unpaired) electrons. The molecule has 0 spiro atoms. The third kappa shape index (κ3) is 5.00. The summed E-state index contributed by atoms with van der Waals surface area (Å²) in [6, 6.07) is 11.9. The Morgan fingerprint density at radius 2 is 1.70 bits per heavy atom. The van der Waals surface area contributed by atoms with Crippen LogP contribution in [0.5, 0.6) is 0 Å². The van der Waals surface area contributed by atoms with Gasteiger partial charge in [-0.3, -0.25) is 9.59 Å². The Balaban J connectivity index is 1.95. The van der Waals surface area contributed by atoms with E-state index in [0.717, 1.165) is 4.73 Å². The summed E-state index contributed by atoms with van der Waals surface area (Å²) in [5.74, 6) is -0.355. The number of amides is 2. The first-order valence-corrected chi connectivity index (χ1v) is 7.87. The Bertz CT molecular complexity index is 704. The number of thioether (sulfide) groups is 1. The third-order valence-corrected chi connectivity index (χ3v) is 4.05. The molecule has 7 heteroatoms. The topological polar surface area (TPSA) is 85.1 Å². The van der Waals surface area contributed by atoms with E-state index in [2.05, 4.69) is 10.6 Å². The molecule has 0 aliphatic rings. The van der Waals surface area contributed by atoms with Crippen molar-refractivity contribution in [1.82, 2.24) is 0 Å². The van der Waals surface area contributed by atoms with Crippen LogP contribution >= 0.6 is 11.8 Å². The first-order chi connectivity index (χ1) is 11.0. The highest BCUT2D eigenvalue weighted by atomic mass is 32.2. The van der Waals surface area contributed by atoms with Gasteiger partial charge >= 0.3 is 0 Å². The molecule has 0 aliphatic heterocycles. The fourth-order valence-corrected chi connectivity index (χ4v) is 2.67. The molecule has 2 aromatic rings. The number of hydrogen-bond donors (Lipinski definition) is 2. The molecule has 0 fully saturated rings. The van der Waals surface area contributed by atoms with Crippen LogP contribution in [0.15, 0.2) is 53.7 Å². The van der Waals surface area contributed by atoms with Crippen molar-refractivity contribution < 1.29 is 14.3 Å². The molecule has 2 amide bonds. The van der Waals surface area contributed by atoms with Crippen LogP contribution < -0.4 is 15.4 Å². The van der Waals surface area contributed by atoms with E-state index < -0.39 is 5.25 Å². The number of pyridine rings is 1. The zero-order valence-electron chi connectivity index (χ0n) is 12.8. The Kier molecular flexibility index (Phi) is 5.59. The molecule has 2 rings (SSSR count). The summed E-state index contributed by atoms with van der Waals surface area (Å²) in [7, 11) is 0. The maximum Gasteiger partial charge on any atom is 0.252 e. The molecule has 23 heavy (non-hydrogen) atoms. The second-order valence-corrected chi connectivity index (χ2v) is 6.23. The highest BCUT2D eigenvalue weighted by Gasteiger charge is 2.18. The Morgan fingerprint density at radius 3 is 2.26 bits per heavy atom. The number of benzene rings is 1. The summed E-state index contributed by atoms with van der Waals surface area (Å²) in [5.41, 5.74) is 1.29. The monoisotopic (exact) mass is 331 g/mol. The molecular weight excluding hydrogens is 314 g/mol. The van der Waals surface area contributed by atoms with Gasteiger partial charge in [0.1, 0.15) is 0 Å². The molecule has 0 unspecified atom stereocenters. The first kappa shape index (κ1) is 16.8. The molecular formula is C16H17N3O3S. The van der Waals surface area contributed by atoms with Gasteiger partial charge in [-0.25, -0.2) is 0 Å². The number of carbonyl (C=O) groups excluding carboxylic acids is 2. The Morgan fingerprint density at radius 1 is 1.09 bits per heavy atom. The lowest BCUT2D eigenvalue weighted by Gasteiger charge is -2.12. The quantitative estimate of drug-likeness (QED) is 0.500. The van der Waals surface area contributed by atoms with E-state index in [1.807, 2.05) is 0 Å². The van der Waals surface area contributed by atoms with Crippen molar-refractivity contribution in [2.24, 2.45) is 0 Å². The van der Waals surface area contributed by atoms with Crippen LogP contribution in [0.3, 0.4) is 0 Å². The molecule has 120 valence electrons. The average Bonchev–Trinajstić information content (AvgIpc) is 2.51. The molecule has 2 N–H and O–H groups in total. The van der Waals surface area contributed by atoms with Gasteiger partial charge in [0.2, 0.25) is 11.8 Å². The van der Waals surface area contributed by atoms with Gasteiger partial charge in [0.05, 0.1) is 5.25 Å². The predicted molar refractivity (Wildman–Crippen MR) is 90.1 cm³/mol. The lowest BCUT2D eigenvalue weighted by molar-refractivity contribution is -0.645. The zero-order valence-corrected chi connectivity index (χ0v) is 13.6. The van der Waals surface area contributed by atoms with E-state index in [1.54, 1.807) is 49.4 Å². The molecule has 1 aromatic carbocycles. The number of nitrogens with zero attached hydrogens (tertiary/aromatic N) is 1. The van der Waals surface area contributed by atoms with Crippen molar-refractivity contribution in [3.63, 3.8) is 0 Å². The Labute approximate surface area is 138 Å². The van der Waals surface area contributed by atoms with E-state index in [9.17, 15) is 14.8 Å².